The highest BCUT2D eigenvalue weighted by Gasteiger charge is 2.20. The lowest BCUT2D eigenvalue weighted by atomic mass is 10.2. The molecule has 180 valence electrons. The molecule has 0 aromatic heterocycles. The number of esters is 1. The van der Waals surface area contributed by atoms with Gasteiger partial charge in [0.1, 0.15) is 11.2 Å². The molecule has 0 aromatic carbocycles. The van der Waals surface area contributed by atoms with Gasteiger partial charge in [0.25, 0.3) is 11.8 Å². The summed E-state index contributed by atoms with van der Waals surface area (Å²) >= 11 is 0. The first kappa shape index (κ1) is 26.7. The van der Waals surface area contributed by atoms with Crippen LogP contribution in [0.3, 0.4) is 0 Å². The van der Waals surface area contributed by atoms with Crippen LogP contribution in [0, 0.1) is 0 Å². The van der Waals surface area contributed by atoms with Gasteiger partial charge < -0.3 is 25.4 Å². The van der Waals surface area contributed by atoms with Crippen molar-refractivity contribution in [3.05, 3.63) is 0 Å². The normalized spacial score (nSPS) is 13.4. The number of nitrogens with zero attached hydrogens (tertiary/aromatic N) is 2. The zero-order valence-electron chi connectivity index (χ0n) is 19.4. The van der Waals surface area contributed by atoms with E-state index in [9.17, 15) is 19.2 Å². The number of nitrogens with one attached hydrogen (secondary N) is 5. The Balaban J connectivity index is 2.25. The van der Waals surface area contributed by atoms with E-state index in [2.05, 4.69) is 37.0 Å². The second-order valence-electron chi connectivity index (χ2n) is 8.77. The standard InChI is InChI=1S/C19H33N7O6/c1-18(2,3)31-12(27)8-7-9-20-15(28)13-23-25-14(26-24-13)16(29)21-10-11-22-17(30)32-19(4,5)6/h7-11H2,1-6H3,(H,20,28)(H,21,29)(H,22,30)(H,23,24)(H,25,26). The van der Waals surface area contributed by atoms with Crippen molar-refractivity contribution in [2.24, 2.45) is 10.2 Å². The summed E-state index contributed by atoms with van der Waals surface area (Å²) < 4.78 is 10.3. The molecule has 1 aliphatic rings. The lowest BCUT2D eigenvalue weighted by Gasteiger charge is -2.19. The van der Waals surface area contributed by atoms with Crippen molar-refractivity contribution in [3.8, 4) is 0 Å². The maximum atomic E-state index is 12.0. The van der Waals surface area contributed by atoms with Gasteiger partial charge in [0.2, 0.25) is 11.7 Å². The fraction of sp³-hybridized carbons (Fsp3) is 0.684. The van der Waals surface area contributed by atoms with Gasteiger partial charge in [-0.2, -0.15) is 0 Å². The van der Waals surface area contributed by atoms with Crippen LogP contribution in [0.1, 0.15) is 54.4 Å². The van der Waals surface area contributed by atoms with E-state index >= 15 is 0 Å². The van der Waals surface area contributed by atoms with Gasteiger partial charge in [-0.25, -0.2) is 4.79 Å². The van der Waals surface area contributed by atoms with Crippen molar-refractivity contribution in [1.82, 2.24) is 26.8 Å². The summed E-state index contributed by atoms with van der Waals surface area (Å²) in [5, 5.41) is 15.1. The first-order chi connectivity index (χ1) is 14.8. The highest BCUT2D eigenvalue weighted by molar-refractivity contribution is 6.42. The average molecular weight is 456 g/mol. The number of hydrogen-bond donors (Lipinski definition) is 5. The predicted octanol–water partition coefficient (Wildman–Crippen LogP) is -0.315. The molecule has 32 heavy (non-hydrogen) atoms. The monoisotopic (exact) mass is 455 g/mol. The second kappa shape index (κ2) is 11.9. The van der Waals surface area contributed by atoms with Crippen molar-refractivity contribution >= 4 is 35.5 Å². The number of hydrazone groups is 2. The van der Waals surface area contributed by atoms with Gasteiger partial charge >= 0.3 is 12.1 Å². The molecule has 1 heterocycles. The Labute approximate surface area is 187 Å². The third-order valence-electron chi connectivity index (χ3n) is 3.32. The number of ether oxygens (including phenoxy) is 2. The third-order valence-corrected chi connectivity index (χ3v) is 3.32. The van der Waals surface area contributed by atoms with Gasteiger partial charge in [-0.3, -0.25) is 25.2 Å². The van der Waals surface area contributed by atoms with Crippen LogP contribution in [0.4, 0.5) is 4.79 Å². The van der Waals surface area contributed by atoms with Gasteiger partial charge in [-0.15, -0.1) is 10.2 Å². The van der Waals surface area contributed by atoms with Crippen molar-refractivity contribution in [1.29, 1.82) is 0 Å². The predicted molar refractivity (Wildman–Crippen MR) is 116 cm³/mol. The Kier molecular flexibility index (Phi) is 9.88. The van der Waals surface area contributed by atoms with Crippen LogP contribution in [0.15, 0.2) is 10.2 Å². The topological polar surface area (TPSA) is 172 Å². The first-order valence-electron chi connectivity index (χ1n) is 10.2. The molecule has 0 unspecified atom stereocenters. The molecule has 0 atom stereocenters. The van der Waals surface area contributed by atoms with Gasteiger partial charge in [0.15, 0.2) is 0 Å². The van der Waals surface area contributed by atoms with Crippen LogP contribution in [0.25, 0.3) is 0 Å². The van der Waals surface area contributed by atoms with E-state index < -0.39 is 29.1 Å². The Hall–Kier alpha value is -3.38. The van der Waals surface area contributed by atoms with E-state index in [1.165, 1.54) is 0 Å². The minimum atomic E-state index is -0.611. The van der Waals surface area contributed by atoms with E-state index in [0.29, 0.717) is 6.42 Å². The molecule has 0 saturated heterocycles. The minimum absolute atomic E-state index is 0.132. The molecule has 0 saturated carbocycles. The van der Waals surface area contributed by atoms with Gasteiger partial charge in [-0.1, -0.05) is 0 Å². The van der Waals surface area contributed by atoms with Crippen LogP contribution in [-0.2, 0) is 23.9 Å². The number of hydrogen-bond acceptors (Lipinski definition) is 10. The largest absolute Gasteiger partial charge is 0.460 e. The van der Waals surface area contributed by atoms with Gasteiger partial charge in [0.05, 0.1) is 0 Å². The highest BCUT2D eigenvalue weighted by atomic mass is 16.6. The molecule has 13 nitrogen and oxygen atoms in total. The molecular weight excluding hydrogens is 422 g/mol. The molecule has 1 aliphatic heterocycles. The second-order valence-corrected chi connectivity index (χ2v) is 8.77. The molecular formula is C19H33N7O6. The molecule has 0 fully saturated rings. The van der Waals surface area contributed by atoms with E-state index in [1.54, 1.807) is 41.5 Å². The highest BCUT2D eigenvalue weighted by Crippen LogP contribution is 2.08. The summed E-state index contributed by atoms with van der Waals surface area (Å²) in [5.74, 6) is -1.76. The van der Waals surface area contributed by atoms with E-state index in [4.69, 9.17) is 9.47 Å². The lowest BCUT2D eigenvalue weighted by Crippen LogP contribution is -2.48. The SMILES string of the molecule is CC(C)(C)OC(=O)CCCNC(=O)C1=NNC(C(=O)NCCNC(=O)OC(C)(C)C)=NN1. The van der Waals surface area contributed by atoms with Crippen molar-refractivity contribution in [3.63, 3.8) is 0 Å². The zero-order valence-corrected chi connectivity index (χ0v) is 19.4. The smallest absolute Gasteiger partial charge is 0.407 e. The Bertz CT molecular complexity index is 701. The zero-order chi connectivity index (χ0) is 24.4. The molecule has 0 aliphatic carbocycles. The molecule has 0 bridgehead atoms. The van der Waals surface area contributed by atoms with E-state index in [1.807, 2.05) is 0 Å². The molecule has 5 N–H and O–H groups in total. The number of amidine groups is 2. The third kappa shape index (κ3) is 11.7. The molecule has 0 spiro atoms. The lowest BCUT2D eigenvalue weighted by molar-refractivity contribution is -0.155. The maximum Gasteiger partial charge on any atom is 0.407 e. The average Bonchev–Trinajstić information content (AvgIpc) is 2.65. The Morgan fingerprint density at radius 1 is 0.750 bits per heavy atom. The number of carbonyl (C=O) groups excluding carboxylic acids is 4. The molecule has 1 rings (SSSR count). The van der Waals surface area contributed by atoms with Crippen LogP contribution in [-0.4, -0.2) is 66.4 Å². The van der Waals surface area contributed by atoms with Crippen LogP contribution in [0.2, 0.25) is 0 Å². The summed E-state index contributed by atoms with van der Waals surface area (Å²) in [7, 11) is 0. The fourth-order valence-electron chi connectivity index (χ4n) is 2.12. The number of amides is 3. The summed E-state index contributed by atoms with van der Waals surface area (Å²) in [6.45, 7) is 11.1. The molecule has 13 heteroatoms. The van der Waals surface area contributed by atoms with Gasteiger partial charge in [-0.05, 0) is 48.0 Å². The summed E-state index contributed by atoms with van der Waals surface area (Å²) in [4.78, 5) is 47.2. The number of carbonyl (C=O) groups is 4. The summed E-state index contributed by atoms with van der Waals surface area (Å²) in [6.07, 6.45) is -0.0239. The van der Waals surface area contributed by atoms with Gasteiger partial charge in [0, 0.05) is 26.1 Å². The summed E-state index contributed by atoms with van der Waals surface area (Å²) in [6, 6.07) is 0. The van der Waals surface area contributed by atoms with Crippen LogP contribution in [0.5, 0.6) is 0 Å². The van der Waals surface area contributed by atoms with Crippen LogP contribution >= 0.6 is 0 Å². The molecule has 3 amide bonds. The van der Waals surface area contributed by atoms with Crippen molar-refractivity contribution < 1.29 is 28.7 Å². The Morgan fingerprint density at radius 3 is 1.69 bits per heavy atom. The Morgan fingerprint density at radius 2 is 1.22 bits per heavy atom. The van der Waals surface area contributed by atoms with Crippen LogP contribution < -0.4 is 26.8 Å². The van der Waals surface area contributed by atoms with E-state index in [0.717, 1.165) is 0 Å². The fourth-order valence-corrected chi connectivity index (χ4v) is 2.12. The van der Waals surface area contributed by atoms with E-state index in [-0.39, 0.29) is 43.7 Å². The molecule has 0 radical (unpaired) electrons. The maximum absolute atomic E-state index is 12.0. The quantitative estimate of drug-likeness (QED) is 0.233. The molecule has 0 aromatic rings. The summed E-state index contributed by atoms with van der Waals surface area (Å²) in [5.41, 5.74) is 3.60. The van der Waals surface area contributed by atoms with Crippen molar-refractivity contribution in [2.75, 3.05) is 19.6 Å². The minimum Gasteiger partial charge on any atom is -0.460 e. The number of rotatable bonds is 9. The first-order valence-corrected chi connectivity index (χ1v) is 10.2. The van der Waals surface area contributed by atoms with Crippen molar-refractivity contribution in [2.45, 2.75) is 65.6 Å². The number of alkyl carbamates (subject to hydrolysis) is 1.